The third kappa shape index (κ3) is 3.94. The molecule has 0 bridgehead atoms. The molecule has 1 saturated heterocycles. The van der Waals surface area contributed by atoms with Crippen molar-refractivity contribution in [3.63, 3.8) is 0 Å². The van der Waals surface area contributed by atoms with Gasteiger partial charge in [-0.05, 0) is 31.9 Å². The van der Waals surface area contributed by atoms with Crippen LogP contribution < -0.4 is 15.0 Å². The molecule has 1 saturated carbocycles. The van der Waals surface area contributed by atoms with Gasteiger partial charge in [-0.1, -0.05) is 19.1 Å². The van der Waals surface area contributed by atoms with E-state index in [9.17, 15) is 9.59 Å². The maximum atomic E-state index is 12.7. The average molecular weight is 359 g/mol. The standard InChI is InChI=1S/C20H29N3O3/c1-4-14(2)21-19(24)15-13-16(15)20(25)23-11-9-22(10-12-23)17-7-5-6-8-18(17)26-3/h5-8,14-16H,4,9-13H2,1-3H3,(H,21,24). The molecule has 0 radical (unpaired) electrons. The van der Waals surface area contributed by atoms with Crippen molar-refractivity contribution in [3.8, 4) is 5.75 Å². The fourth-order valence-electron chi connectivity index (χ4n) is 3.50. The third-order valence-electron chi connectivity index (χ3n) is 5.46. The summed E-state index contributed by atoms with van der Waals surface area (Å²) >= 11 is 0. The van der Waals surface area contributed by atoms with Crippen LogP contribution in [0, 0.1) is 11.8 Å². The highest BCUT2D eigenvalue weighted by molar-refractivity contribution is 5.92. The van der Waals surface area contributed by atoms with Crippen LogP contribution in [0.4, 0.5) is 5.69 Å². The Morgan fingerprint density at radius 3 is 2.54 bits per heavy atom. The van der Waals surface area contributed by atoms with Gasteiger partial charge in [0, 0.05) is 32.2 Å². The minimum Gasteiger partial charge on any atom is -0.495 e. The van der Waals surface area contributed by atoms with Crippen molar-refractivity contribution >= 4 is 17.5 Å². The Labute approximate surface area is 155 Å². The van der Waals surface area contributed by atoms with Crippen molar-refractivity contribution < 1.29 is 14.3 Å². The number of carbonyl (C=O) groups excluding carboxylic acids is 2. The lowest BCUT2D eigenvalue weighted by Gasteiger charge is -2.36. The summed E-state index contributed by atoms with van der Waals surface area (Å²) in [5.74, 6) is 0.760. The Hall–Kier alpha value is -2.24. The summed E-state index contributed by atoms with van der Waals surface area (Å²) in [5, 5.41) is 2.99. The van der Waals surface area contributed by atoms with Gasteiger partial charge in [-0.3, -0.25) is 9.59 Å². The van der Waals surface area contributed by atoms with Crippen LogP contribution in [0.1, 0.15) is 26.7 Å². The molecule has 1 aliphatic carbocycles. The Bertz CT molecular complexity index is 655. The highest BCUT2D eigenvalue weighted by Gasteiger charge is 2.49. The van der Waals surface area contributed by atoms with E-state index in [-0.39, 0.29) is 29.7 Å². The predicted octanol–water partition coefficient (Wildman–Crippen LogP) is 1.89. The molecule has 3 unspecified atom stereocenters. The van der Waals surface area contributed by atoms with E-state index in [0.29, 0.717) is 19.5 Å². The number of benzene rings is 1. The van der Waals surface area contributed by atoms with Gasteiger partial charge in [0.1, 0.15) is 5.75 Å². The zero-order chi connectivity index (χ0) is 18.7. The molecule has 2 amide bonds. The maximum absolute atomic E-state index is 12.7. The zero-order valence-corrected chi connectivity index (χ0v) is 15.9. The second kappa shape index (κ2) is 7.98. The lowest BCUT2D eigenvalue weighted by molar-refractivity contribution is -0.135. The van der Waals surface area contributed by atoms with Crippen LogP contribution in [0.25, 0.3) is 0 Å². The summed E-state index contributed by atoms with van der Waals surface area (Å²) in [6.07, 6.45) is 1.59. The first-order valence-corrected chi connectivity index (χ1v) is 9.52. The second-order valence-electron chi connectivity index (χ2n) is 7.25. The number of hydrogen-bond acceptors (Lipinski definition) is 4. The van der Waals surface area contributed by atoms with Crippen LogP contribution >= 0.6 is 0 Å². The van der Waals surface area contributed by atoms with Crippen LogP contribution in [0.2, 0.25) is 0 Å². The normalized spacial score (nSPS) is 23.3. The fourth-order valence-corrected chi connectivity index (χ4v) is 3.50. The first kappa shape index (κ1) is 18.5. The fraction of sp³-hybridized carbons (Fsp3) is 0.600. The summed E-state index contributed by atoms with van der Waals surface area (Å²) in [7, 11) is 1.68. The summed E-state index contributed by atoms with van der Waals surface area (Å²) in [6.45, 7) is 6.97. The molecule has 3 rings (SSSR count). The average Bonchev–Trinajstić information content (AvgIpc) is 3.48. The second-order valence-corrected chi connectivity index (χ2v) is 7.25. The van der Waals surface area contributed by atoms with Crippen LogP contribution in [0.15, 0.2) is 24.3 Å². The van der Waals surface area contributed by atoms with Crippen molar-refractivity contribution in [2.45, 2.75) is 32.7 Å². The Morgan fingerprint density at radius 2 is 1.88 bits per heavy atom. The summed E-state index contributed by atoms with van der Waals surface area (Å²) < 4.78 is 5.44. The van der Waals surface area contributed by atoms with E-state index in [2.05, 4.69) is 10.2 Å². The molecule has 1 aliphatic heterocycles. The number of piperazine rings is 1. The first-order valence-electron chi connectivity index (χ1n) is 9.52. The Kier molecular flexibility index (Phi) is 5.69. The molecule has 2 aliphatic rings. The first-order chi connectivity index (χ1) is 12.5. The predicted molar refractivity (Wildman–Crippen MR) is 101 cm³/mol. The molecular formula is C20H29N3O3. The SMILES string of the molecule is CCC(C)NC(=O)C1CC1C(=O)N1CCN(c2ccccc2OC)CC1. The van der Waals surface area contributed by atoms with Crippen LogP contribution in [0.3, 0.4) is 0 Å². The van der Waals surface area contributed by atoms with E-state index in [1.807, 2.05) is 43.0 Å². The molecule has 1 N–H and O–H groups in total. The number of ether oxygens (including phenoxy) is 1. The summed E-state index contributed by atoms with van der Waals surface area (Å²) in [5.41, 5.74) is 1.07. The van der Waals surface area contributed by atoms with Crippen molar-refractivity contribution in [2.24, 2.45) is 11.8 Å². The molecule has 2 fully saturated rings. The molecule has 3 atom stereocenters. The van der Waals surface area contributed by atoms with Gasteiger partial charge >= 0.3 is 0 Å². The highest BCUT2D eigenvalue weighted by atomic mass is 16.5. The number of methoxy groups -OCH3 is 1. The Balaban J connectivity index is 1.51. The van der Waals surface area contributed by atoms with Crippen molar-refractivity contribution in [1.29, 1.82) is 0 Å². The van der Waals surface area contributed by atoms with E-state index in [1.54, 1.807) is 7.11 Å². The molecule has 1 aromatic carbocycles. The molecule has 0 spiro atoms. The lowest BCUT2D eigenvalue weighted by atomic mass is 10.2. The number of amides is 2. The minimum atomic E-state index is -0.135. The van der Waals surface area contributed by atoms with Gasteiger partial charge in [0.05, 0.1) is 24.6 Å². The van der Waals surface area contributed by atoms with Gasteiger partial charge in [-0.2, -0.15) is 0 Å². The topological polar surface area (TPSA) is 61.9 Å². The van der Waals surface area contributed by atoms with Gasteiger partial charge in [0.2, 0.25) is 11.8 Å². The third-order valence-corrected chi connectivity index (χ3v) is 5.46. The number of anilines is 1. The number of rotatable bonds is 6. The monoisotopic (exact) mass is 359 g/mol. The van der Waals surface area contributed by atoms with Crippen LogP contribution in [0.5, 0.6) is 5.75 Å². The van der Waals surface area contributed by atoms with Crippen LogP contribution in [-0.4, -0.2) is 56.0 Å². The van der Waals surface area contributed by atoms with Gasteiger partial charge in [-0.25, -0.2) is 0 Å². The number of para-hydroxylation sites is 2. The summed E-state index contributed by atoms with van der Waals surface area (Å²) in [6, 6.07) is 8.13. The molecule has 6 nitrogen and oxygen atoms in total. The van der Waals surface area contributed by atoms with Gasteiger partial charge in [0.15, 0.2) is 0 Å². The van der Waals surface area contributed by atoms with Crippen molar-refractivity contribution in [1.82, 2.24) is 10.2 Å². The van der Waals surface area contributed by atoms with E-state index in [4.69, 9.17) is 4.74 Å². The molecule has 1 aromatic rings. The number of nitrogens with zero attached hydrogens (tertiary/aromatic N) is 2. The van der Waals surface area contributed by atoms with Crippen molar-refractivity contribution in [3.05, 3.63) is 24.3 Å². The zero-order valence-electron chi connectivity index (χ0n) is 15.9. The van der Waals surface area contributed by atoms with E-state index in [1.165, 1.54) is 0 Å². The number of hydrogen-bond donors (Lipinski definition) is 1. The molecule has 142 valence electrons. The van der Waals surface area contributed by atoms with Gasteiger partial charge < -0.3 is 19.9 Å². The van der Waals surface area contributed by atoms with E-state index in [0.717, 1.165) is 30.9 Å². The molecule has 26 heavy (non-hydrogen) atoms. The molecule has 0 aromatic heterocycles. The van der Waals surface area contributed by atoms with Gasteiger partial charge in [0.25, 0.3) is 0 Å². The van der Waals surface area contributed by atoms with Crippen LogP contribution in [-0.2, 0) is 9.59 Å². The summed E-state index contributed by atoms with van der Waals surface area (Å²) in [4.78, 5) is 29.0. The Morgan fingerprint density at radius 1 is 1.19 bits per heavy atom. The largest absolute Gasteiger partial charge is 0.495 e. The van der Waals surface area contributed by atoms with E-state index < -0.39 is 0 Å². The quantitative estimate of drug-likeness (QED) is 0.843. The number of nitrogens with one attached hydrogen (secondary N) is 1. The molecular weight excluding hydrogens is 330 g/mol. The van der Waals surface area contributed by atoms with Crippen molar-refractivity contribution in [2.75, 3.05) is 38.2 Å². The maximum Gasteiger partial charge on any atom is 0.226 e. The smallest absolute Gasteiger partial charge is 0.226 e. The lowest BCUT2D eigenvalue weighted by Crippen LogP contribution is -2.49. The van der Waals surface area contributed by atoms with E-state index >= 15 is 0 Å². The van der Waals surface area contributed by atoms with Gasteiger partial charge in [-0.15, -0.1) is 0 Å². The highest BCUT2D eigenvalue weighted by Crippen LogP contribution is 2.40. The molecule has 1 heterocycles. The minimum absolute atomic E-state index is 0.0327. The number of carbonyl (C=O) groups is 2. The molecule has 6 heteroatoms.